The fourth-order valence-electron chi connectivity index (χ4n) is 3.75. The van der Waals surface area contributed by atoms with Crippen LogP contribution in [0.5, 0.6) is 0 Å². The summed E-state index contributed by atoms with van der Waals surface area (Å²) in [6.07, 6.45) is 0. The summed E-state index contributed by atoms with van der Waals surface area (Å²) in [4.78, 5) is 53.2. The van der Waals surface area contributed by atoms with E-state index in [1.165, 1.54) is 24.3 Å². The van der Waals surface area contributed by atoms with Gasteiger partial charge in [0.1, 0.15) is 17.2 Å². The van der Waals surface area contributed by atoms with Gasteiger partial charge in [-0.3, -0.25) is 14.4 Å². The number of aryl methyl sites for hydroxylation is 2. The monoisotopic (exact) mass is 519 g/mol. The predicted molar refractivity (Wildman–Crippen MR) is 131 cm³/mol. The maximum Gasteiger partial charge on any atom is 0.335 e. The highest BCUT2D eigenvalue weighted by atomic mass is 19.1. The average molecular weight is 519 g/mol. The van der Waals surface area contributed by atoms with Crippen molar-refractivity contribution in [3.8, 4) is 0 Å². The van der Waals surface area contributed by atoms with Crippen molar-refractivity contribution < 1.29 is 28.7 Å². The molecule has 0 spiro atoms. The lowest BCUT2D eigenvalue weighted by molar-refractivity contribution is 0.0695. The number of fused-ring (bicyclic) bond motifs is 1. The van der Waals surface area contributed by atoms with Crippen molar-refractivity contribution >= 4 is 29.3 Å². The molecule has 4 aromatic rings. The molecule has 0 aliphatic heterocycles. The number of nitrogens with one attached hydrogen (secondary N) is 2. The van der Waals surface area contributed by atoms with E-state index in [2.05, 4.69) is 25.9 Å². The number of aromatic nitrogens is 4. The second-order valence-electron chi connectivity index (χ2n) is 8.47. The zero-order chi connectivity index (χ0) is 27.6. The highest BCUT2D eigenvalue weighted by Crippen LogP contribution is 2.14. The quantitative estimate of drug-likeness (QED) is 0.270. The highest BCUT2D eigenvalue weighted by Gasteiger charge is 2.23. The molecule has 13 heteroatoms. The van der Waals surface area contributed by atoms with Crippen molar-refractivity contribution in [2.45, 2.75) is 26.9 Å². The number of halogens is 1. The zero-order valence-electron chi connectivity index (χ0n) is 20.3. The van der Waals surface area contributed by atoms with E-state index >= 15 is 0 Å². The van der Waals surface area contributed by atoms with Gasteiger partial charge in [-0.25, -0.2) is 14.2 Å². The number of carboxylic acid groups (broad SMARTS) is 1. The maximum atomic E-state index is 13.6. The second kappa shape index (κ2) is 10.4. The Labute approximate surface area is 214 Å². The van der Waals surface area contributed by atoms with Crippen LogP contribution in [0.4, 0.5) is 4.39 Å². The van der Waals surface area contributed by atoms with E-state index in [0.717, 1.165) is 4.52 Å². The summed E-state index contributed by atoms with van der Waals surface area (Å²) in [7, 11) is 0. The number of benzene rings is 2. The van der Waals surface area contributed by atoms with Crippen LogP contribution in [0.3, 0.4) is 0 Å². The second-order valence-corrected chi connectivity index (χ2v) is 8.47. The molecule has 2 aromatic heterocycles. The van der Waals surface area contributed by atoms with E-state index in [1.54, 1.807) is 32.0 Å². The van der Waals surface area contributed by atoms with Gasteiger partial charge in [0.05, 0.1) is 5.56 Å². The van der Waals surface area contributed by atoms with Crippen molar-refractivity contribution in [1.29, 1.82) is 0 Å². The van der Waals surface area contributed by atoms with Gasteiger partial charge in [-0.1, -0.05) is 29.5 Å². The summed E-state index contributed by atoms with van der Waals surface area (Å²) in [5.74, 6) is -3.72. The van der Waals surface area contributed by atoms with Crippen LogP contribution >= 0.6 is 0 Å². The lowest BCUT2D eigenvalue weighted by Gasteiger charge is -2.10. The van der Waals surface area contributed by atoms with Crippen LogP contribution in [0, 0.1) is 19.7 Å². The fourth-order valence-corrected chi connectivity index (χ4v) is 3.75. The van der Waals surface area contributed by atoms with Gasteiger partial charge in [0.25, 0.3) is 17.7 Å². The number of aromatic carboxylic acids is 1. The third-order valence-electron chi connectivity index (χ3n) is 5.72. The minimum absolute atomic E-state index is 0.0398. The smallest absolute Gasteiger partial charge is 0.335 e. The van der Waals surface area contributed by atoms with Gasteiger partial charge in [-0.2, -0.15) is 4.52 Å². The molecule has 0 aliphatic carbocycles. The van der Waals surface area contributed by atoms with Gasteiger partial charge >= 0.3 is 5.97 Å². The molecule has 0 unspecified atom stereocenters. The van der Waals surface area contributed by atoms with E-state index in [-0.39, 0.29) is 47.2 Å². The molecule has 0 saturated heterocycles. The average Bonchev–Trinajstić information content (AvgIpc) is 3.31. The van der Waals surface area contributed by atoms with Crippen molar-refractivity contribution in [2.75, 3.05) is 0 Å². The Bertz CT molecular complexity index is 1620. The summed E-state index contributed by atoms with van der Waals surface area (Å²) in [5, 5.41) is 22.0. The summed E-state index contributed by atoms with van der Waals surface area (Å²) < 4.78 is 14.5. The standard InChI is InChI=1S/C25H22FN7O5/c1-12-7-14(3-5-16(12)25(37)38)10-28-23(35)18-9-19(33-22(30-18)20(21(27)34)31-32-33)24(36)29-11-15-4-6-17(26)13(2)8-15/h3-9H,10-11H2,1-2H3,(H2,27,34)(H,28,35)(H,29,36)(H,37,38). The van der Waals surface area contributed by atoms with E-state index in [0.29, 0.717) is 22.3 Å². The van der Waals surface area contributed by atoms with Crippen molar-refractivity contribution in [3.05, 3.63) is 93.2 Å². The van der Waals surface area contributed by atoms with Crippen LogP contribution in [0.2, 0.25) is 0 Å². The molecule has 0 radical (unpaired) electrons. The first-order chi connectivity index (χ1) is 18.0. The van der Waals surface area contributed by atoms with Gasteiger partial charge in [-0.15, -0.1) is 5.10 Å². The van der Waals surface area contributed by atoms with Crippen LogP contribution in [0.25, 0.3) is 5.65 Å². The number of primary amides is 1. The minimum atomic E-state index is -1.06. The number of rotatable bonds is 8. The van der Waals surface area contributed by atoms with Crippen LogP contribution in [0.1, 0.15) is 64.1 Å². The lowest BCUT2D eigenvalue weighted by Crippen LogP contribution is -2.29. The van der Waals surface area contributed by atoms with Crippen molar-refractivity contribution in [1.82, 2.24) is 30.4 Å². The van der Waals surface area contributed by atoms with E-state index < -0.39 is 23.7 Å². The molecule has 12 nitrogen and oxygen atoms in total. The lowest BCUT2D eigenvalue weighted by atomic mass is 10.1. The maximum absolute atomic E-state index is 13.6. The zero-order valence-corrected chi connectivity index (χ0v) is 20.3. The Morgan fingerprint density at radius 3 is 2.18 bits per heavy atom. The van der Waals surface area contributed by atoms with Gasteiger partial charge in [0.15, 0.2) is 11.3 Å². The Morgan fingerprint density at radius 2 is 1.58 bits per heavy atom. The normalized spacial score (nSPS) is 10.8. The molecule has 2 aromatic carbocycles. The number of amides is 3. The molecule has 4 rings (SSSR count). The molecule has 0 atom stereocenters. The van der Waals surface area contributed by atoms with Crippen LogP contribution in [0.15, 0.2) is 42.5 Å². The summed E-state index contributed by atoms with van der Waals surface area (Å²) >= 11 is 0. The minimum Gasteiger partial charge on any atom is -0.478 e. The third-order valence-corrected chi connectivity index (χ3v) is 5.72. The number of nitrogens with two attached hydrogens (primary N) is 1. The Kier molecular flexibility index (Phi) is 7.10. The Morgan fingerprint density at radius 1 is 0.947 bits per heavy atom. The number of hydrogen-bond donors (Lipinski definition) is 4. The Balaban J connectivity index is 1.60. The number of hydrogen-bond acceptors (Lipinski definition) is 7. The number of carbonyl (C=O) groups excluding carboxylic acids is 3. The van der Waals surface area contributed by atoms with Crippen LogP contribution in [-0.4, -0.2) is 48.6 Å². The van der Waals surface area contributed by atoms with Gasteiger partial charge in [0, 0.05) is 19.2 Å². The van der Waals surface area contributed by atoms with Gasteiger partial charge in [0.2, 0.25) is 0 Å². The fraction of sp³-hybridized carbons (Fsp3) is 0.160. The van der Waals surface area contributed by atoms with Gasteiger partial charge in [-0.05, 0) is 48.2 Å². The first-order valence-corrected chi connectivity index (χ1v) is 11.3. The van der Waals surface area contributed by atoms with E-state index in [1.807, 2.05) is 0 Å². The number of carbonyl (C=O) groups is 4. The van der Waals surface area contributed by atoms with Crippen molar-refractivity contribution in [3.63, 3.8) is 0 Å². The van der Waals surface area contributed by atoms with E-state index in [4.69, 9.17) is 5.73 Å². The molecular formula is C25H22FN7O5. The SMILES string of the molecule is Cc1cc(CNC(=O)c2cc(C(=O)NCc3ccc(C(=O)O)c(C)c3)nc3c(C(N)=O)nnn23)ccc1F. The molecule has 0 fully saturated rings. The number of carboxylic acids is 1. The molecule has 0 bridgehead atoms. The van der Waals surface area contributed by atoms with E-state index in [9.17, 15) is 28.7 Å². The molecule has 2 heterocycles. The molecule has 3 amide bonds. The molecule has 194 valence electrons. The summed E-state index contributed by atoms with van der Waals surface area (Å²) in [6, 6.07) is 10.2. The Hall–Kier alpha value is -5.20. The van der Waals surface area contributed by atoms with Gasteiger partial charge < -0.3 is 21.5 Å². The highest BCUT2D eigenvalue weighted by molar-refractivity contribution is 6.01. The summed E-state index contributed by atoms with van der Waals surface area (Å²) in [6.45, 7) is 3.33. The first kappa shape index (κ1) is 25.9. The molecular weight excluding hydrogens is 497 g/mol. The van der Waals surface area contributed by atoms with Crippen LogP contribution < -0.4 is 16.4 Å². The summed E-state index contributed by atoms with van der Waals surface area (Å²) in [5.41, 5.74) is 6.85. The molecule has 0 saturated carbocycles. The molecule has 38 heavy (non-hydrogen) atoms. The topological polar surface area (TPSA) is 182 Å². The third kappa shape index (κ3) is 5.31. The largest absolute Gasteiger partial charge is 0.478 e. The number of nitrogens with zero attached hydrogens (tertiary/aromatic N) is 4. The predicted octanol–water partition coefficient (Wildman–Crippen LogP) is 1.54. The molecule has 5 N–H and O–H groups in total. The first-order valence-electron chi connectivity index (χ1n) is 11.3. The molecule has 0 aliphatic rings. The van der Waals surface area contributed by atoms with Crippen molar-refractivity contribution in [2.24, 2.45) is 5.73 Å². The van der Waals surface area contributed by atoms with Crippen LogP contribution in [-0.2, 0) is 13.1 Å².